The van der Waals surface area contributed by atoms with E-state index in [1.165, 1.54) is 0 Å². The topological polar surface area (TPSA) is 29.1 Å². The Morgan fingerprint density at radius 3 is 1.50 bits per heavy atom. The third-order valence-corrected chi connectivity index (χ3v) is 1.22. The van der Waals surface area contributed by atoms with Gasteiger partial charge in [-0.3, -0.25) is 4.79 Å². The summed E-state index contributed by atoms with van der Waals surface area (Å²) in [6.07, 6.45) is 0.667. The number of Topliss-reactive ketones (excluding diaryl/α,β-unsaturated/α-hetero) is 1. The Morgan fingerprint density at radius 1 is 1.14 bits per heavy atom. The van der Waals surface area contributed by atoms with Crippen molar-refractivity contribution >= 4 is 16.0 Å². The van der Waals surface area contributed by atoms with Gasteiger partial charge in [-0.2, -0.15) is 0 Å². The van der Waals surface area contributed by atoms with Crippen molar-refractivity contribution in [1.82, 2.24) is 5.32 Å². The van der Waals surface area contributed by atoms with Crippen LogP contribution < -0.4 is 5.32 Å². The maximum Gasteiger partial charge on any atom is 0.146 e. The molecule has 0 spiro atoms. The summed E-state index contributed by atoms with van der Waals surface area (Å²) in [6.45, 7) is 3.40. The van der Waals surface area contributed by atoms with Crippen LogP contribution in [0.4, 0.5) is 0 Å². The van der Waals surface area contributed by atoms with Gasteiger partial charge in [0.15, 0.2) is 0 Å². The summed E-state index contributed by atoms with van der Waals surface area (Å²) in [7, 11) is 3.20. The Labute approximate surface area is 241 Å². The molecule has 9 radical (unpaired) electrons. The van der Waals surface area contributed by atoms with Gasteiger partial charge >= 0.3 is 0 Å². The number of carbonyl (C=O) groups excluding carboxylic acids is 1. The van der Waals surface area contributed by atoms with Gasteiger partial charge in [-0.1, -0.05) is 0 Å². The summed E-state index contributed by atoms with van der Waals surface area (Å²) in [4.78, 5) is 10.4. The molecular weight excluding hydrogens is 652 g/mol. The number of hydrogen-bond donors (Lipinski definition) is 1. The predicted octanol–water partition coefficient (Wildman–Crippen LogP) is -0.335. The smallest absolute Gasteiger partial charge is 0.146 e. The second kappa shape index (κ2) is 31.7. The summed E-state index contributed by atoms with van der Waals surface area (Å²) < 4.78 is 0. The summed E-state index contributed by atoms with van der Waals surface area (Å²) in [5.74, 6) is 0.170. The van der Waals surface area contributed by atoms with Crippen molar-refractivity contribution in [3.8, 4) is 0 Å². The van der Waals surface area contributed by atoms with Crippen molar-refractivity contribution in [2.75, 3.05) is 6.17 Å². The molecule has 0 rings (SSSR count). The second-order valence-electron chi connectivity index (χ2n) is 1.71. The van der Waals surface area contributed by atoms with Crippen LogP contribution in [0, 0.1) is 0 Å². The van der Waals surface area contributed by atoms with Gasteiger partial charge in [0, 0.05) is 206 Å². The summed E-state index contributed by atoms with van der Waals surface area (Å²) in [5, 5.41) is 2.91. The Hall–Kier alpha value is 6.47. The zero-order valence-corrected chi connectivity index (χ0v) is 26.7. The molecule has 0 saturated carbocycles. The zero-order chi connectivity index (χ0) is 6.57. The van der Waals surface area contributed by atoms with Gasteiger partial charge in [-0.15, -0.1) is 0 Å². The van der Waals surface area contributed by atoms with Crippen LogP contribution in [0.3, 0.4) is 0 Å². The zero-order valence-electron chi connectivity index (χ0n) is 8.66. The minimum absolute atomic E-state index is 0. The SMILES string of the molecule is CC(=O)C(C)NC[Si].[Y].[Y].[Y].[Y].[Y].[Y]. The monoisotopic (exact) mass is 661 g/mol. The molecule has 14 heavy (non-hydrogen) atoms. The molecule has 9 heteroatoms. The first-order valence-electron chi connectivity index (χ1n) is 2.57. The first-order chi connectivity index (χ1) is 3.68. The van der Waals surface area contributed by atoms with E-state index in [0.717, 1.165) is 0 Å². The number of hydrogen-bond acceptors (Lipinski definition) is 2. The molecule has 1 atom stereocenters. The molecule has 0 aliphatic carbocycles. The standard InChI is InChI=1S/C5H10NOSi.6Y/c1-4(5(2)7)6-3-8;;;;;;/h4,6H,3H2,1-2H3;;;;;;. The molecule has 0 bridgehead atoms. The van der Waals surface area contributed by atoms with Crippen molar-refractivity contribution in [2.24, 2.45) is 0 Å². The predicted molar refractivity (Wildman–Crippen MR) is 33.9 cm³/mol. The van der Waals surface area contributed by atoms with E-state index in [0.29, 0.717) is 6.17 Å². The number of ketones is 1. The van der Waals surface area contributed by atoms with Crippen LogP contribution in [0.1, 0.15) is 13.8 Å². The molecule has 1 unspecified atom stereocenters. The van der Waals surface area contributed by atoms with Gasteiger partial charge in [0.05, 0.1) is 6.04 Å². The molecule has 0 aromatic rings. The molecule has 0 heterocycles. The third-order valence-electron chi connectivity index (χ3n) is 1.02. The van der Waals surface area contributed by atoms with Crippen LogP contribution in [0.25, 0.3) is 0 Å². The van der Waals surface area contributed by atoms with Crippen molar-refractivity contribution in [1.29, 1.82) is 0 Å². The van der Waals surface area contributed by atoms with Gasteiger partial charge in [0.2, 0.25) is 0 Å². The largest absolute Gasteiger partial charge is 0.311 e. The van der Waals surface area contributed by atoms with Crippen LogP contribution in [-0.2, 0) is 201 Å². The van der Waals surface area contributed by atoms with Crippen LogP contribution >= 0.6 is 0 Å². The van der Waals surface area contributed by atoms with Gasteiger partial charge in [-0.05, 0) is 20.0 Å². The minimum Gasteiger partial charge on any atom is -0.311 e. The van der Waals surface area contributed by atoms with Gasteiger partial charge in [-0.25, -0.2) is 0 Å². The number of nitrogens with one attached hydrogen (secondary N) is 1. The van der Waals surface area contributed by atoms with Crippen LogP contribution in [-0.4, -0.2) is 28.2 Å². The maximum atomic E-state index is 10.4. The fraction of sp³-hybridized carbons (Fsp3) is 0.800. The Morgan fingerprint density at radius 2 is 1.43 bits per heavy atom. The molecule has 0 aromatic carbocycles. The van der Waals surface area contributed by atoms with E-state index in [2.05, 4.69) is 15.6 Å². The molecule has 2 nitrogen and oxygen atoms in total. The first kappa shape index (κ1) is 42.8. The average molecular weight is 662 g/mol. The van der Waals surface area contributed by atoms with Crippen LogP contribution in [0.2, 0.25) is 0 Å². The average Bonchev–Trinajstić information content (AvgIpc) is 1.67. The van der Waals surface area contributed by atoms with E-state index in [9.17, 15) is 4.79 Å². The van der Waals surface area contributed by atoms with Crippen molar-refractivity contribution < 1.29 is 201 Å². The molecule has 0 saturated heterocycles. The number of carbonyl (C=O) groups is 1. The van der Waals surface area contributed by atoms with E-state index < -0.39 is 0 Å². The van der Waals surface area contributed by atoms with E-state index in [-0.39, 0.29) is 208 Å². The first-order valence-corrected chi connectivity index (χ1v) is 3.27. The Balaban J connectivity index is -0.0000000163. The minimum atomic E-state index is -0.0208. The van der Waals surface area contributed by atoms with Crippen LogP contribution in [0.15, 0.2) is 0 Å². The maximum absolute atomic E-state index is 10.4. The van der Waals surface area contributed by atoms with Gasteiger partial charge in [0.25, 0.3) is 0 Å². The molecule has 0 aliphatic rings. The molecule has 0 aromatic heterocycles. The molecule has 1 N–H and O–H groups in total. The van der Waals surface area contributed by atoms with Gasteiger partial charge < -0.3 is 5.32 Å². The quantitative estimate of drug-likeness (QED) is 0.420. The Kier molecular flexibility index (Phi) is 96.9. The third kappa shape index (κ3) is 31.1. The second-order valence-corrected chi connectivity index (χ2v) is 2.07. The number of rotatable bonds is 3. The fourth-order valence-electron chi connectivity index (χ4n) is 0.297. The van der Waals surface area contributed by atoms with E-state index >= 15 is 0 Å². The Bertz CT molecular complexity index is 98.3. The molecule has 0 fully saturated rings. The summed E-state index contributed by atoms with van der Waals surface area (Å²) in [6, 6.07) is -0.0208. The molecular formula is C5H10NOSiY6. The van der Waals surface area contributed by atoms with Gasteiger partial charge in [0.1, 0.15) is 5.78 Å². The fourth-order valence-corrected chi connectivity index (χ4v) is 0.603. The normalized spacial score (nSPS) is 7.64. The van der Waals surface area contributed by atoms with E-state index in [1.807, 2.05) is 6.92 Å². The summed E-state index contributed by atoms with van der Waals surface area (Å²) >= 11 is 0. The molecule has 0 aliphatic heterocycles. The van der Waals surface area contributed by atoms with Crippen LogP contribution in [0.5, 0.6) is 0 Å². The summed E-state index contributed by atoms with van der Waals surface area (Å²) in [5.41, 5.74) is 0. The molecule has 63 valence electrons. The van der Waals surface area contributed by atoms with Crippen molar-refractivity contribution in [2.45, 2.75) is 19.9 Å². The van der Waals surface area contributed by atoms with Crippen molar-refractivity contribution in [3.05, 3.63) is 0 Å². The van der Waals surface area contributed by atoms with E-state index in [1.54, 1.807) is 6.92 Å². The van der Waals surface area contributed by atoms with Crippen molar-refractivity contribution in [3.63, 3.8) is 0 Å². The van der Waals surface area contributed by atoms with E-state index in [4.69, 9.17) is 0 Å². The molecule has 0 amide bonds.